The van der Waals surface area contributed by atoms with Crippen molar-refractivity contribution in [2.45, 2.75) is 39.1 Å². The summed E-state index contributed by atoms with van der Waals surface area (Å²) < 4.78 is 15.0. The van der Waals surface area contributed by atoms with E-state index in [2.05, 4.69) is 18.7 Å². The molecule has 2 atom stereocenters. The summed E-state index contributed by atoms with van der Waals surface area (Å²) in [5.41, 5.74) is 3.40. The lowest BCUT2D eigenvalue weighted by Gasteiger charge is -2.31. The molecule has 0 aliphatic carbocycles. The molecule has 0 amide bonds. The van der Waals surface area contributed by atoms with Crippen molar-refractivity contribution in [2.75, 3.05) is 7.11 Å². The number of rotatable bonds is 6. The second-order valence-electron chi connectivity index (χ2n) is 7.48. The van der Waals surface area contributed by atoms with Gasteiger partial charge in [-0.2, -0.15) is 4.68 Å². The molecule has 0 saturated heterocycles. The smallest absolute Gasteiger partial charge is 0.365 e. The Bertz CT molecular complexity index is 1140. The van der Waals surface area contributed by atoms with Gasteiger partial charge in [0.15, 0.2) is 24.3 Å². The van der Waals surface area contributed by atoms with Crippen molar-refractivity contribution < 1.29 is 18.8 Å². The molecule has 3 heterocycles. The molecule has 4 rings (SSSR count). The van der Waals surface area contributed by atoms with Gasteiger partial charge in [0.2, 0.25) is 4.77 Å². The average Bonchev–Trinajstić information content (AvgIpc) is 3.31. The molecular formula is C22H25N4O3S+. The van der Waals surface area contributed by atoms with Crippen molar-refractivity contribution in [3.63, 3.8) is 0 Å². The molecule has 1 aromatic carbocycles. The van der Waals surface area contributed by atoms with E-state index in [1.165, 1.54) is 18.2 Å². The van der Waals surface area contributed by atoms with Crippen molar-refractivity contribution in [1.29, 1.82) is 0 Å². The Morgan fingerprint density at radius 2 is 2.17 bits per heavy atom. The molecule has 30 heavy (non-hydrogen) atoms. The zero-order valence-corrected chi connectivity index (χ0v) is 17.9. The van der Waals surface area contributed by atoms with Gasteiger partial charge in [-0.15, -0.1) is 11.7 Å². The highest BCUT2D eigenvalue weighted by molar-refractivity contribution is 7.71. The number of carbonyl (C=O) groups is 1. The summed E-state index contributed by atoms with van der Waals surface area (Å²) in [5.74, 6) is 1.12. The number of methoxy groups -OCH3 is 1. The van der Waals surface area contributed by atoms with E-state index >= 15 is 0 Å². The molecule has 0 radical (unpaired) electrons. The van der Waals surface area contributed by atoms with Gasteiger partial charge in [0.25, 0.3) is 0 Å². The van der Waals surface area contributed by atoms with Gasteiger partial charge in [-0.3, -0.25) is 4.57 Å². The number of furan rings is 1. The van der Waals surface area contributed by atoms with E-state index in [4.69, 9.17) is 26.5 Å². The van der Waals surface area contributed by atoms with E-state index < -0.39 is 0 Å². The molecule has 1 unspecified atom stereocenters. The van der Waals surface area contributed by atoms with E-state index in [1.54, 1.807) is 17.0 Å². The Balaban J connectivity index is 1.72. The number of nitrogens with zero attached hydrogens (tertiary/aromatic N) is 3. The molecule has 3 aromatic rings. The molecule has 1 aliphatic heterocycles. The van der Waals surface area contributed by atoms with Crippen LogP contribution in [0.2, 0.25) is 0 Å². The topological polar surface area (TPSA) is 66.6 Å². The molecule has 1 aliphatic rings. The predicted octanol–water partition coefficient (Wildman–Crippen LogP) is 2.31. The van der Waals surface area contributed by atoms with Gasteiger partial charge in [0.05, 0.1) is 13.4 Å². The molecule has 0 spiro atoms. The van der Waals surface area contributed by atoms with Gasteiger partial charge in [0.1, 0.15) is 6.54 Å². The number of esters is 1. The summed E-state index contributed by atoms with van der Waals surface area (Å²) in [7, 11) is 1.43. The van der Waals surface area contributed by atoms with Gasteiger partial charge in [-0.05, 0) is 36.3 Å². The number of benzene rings is 1. The van der Waals surface area contributed by atoms with Crippen LogP contribution in [0, 0.1) is 11.7 Å². The lowest BCUT2D eigenvalue weighted by Crippen LogP contribution is -3.16. The number of ether oxygens (including phenoxy) is 1. The van der Waals surface area contributed by atoms with Gasteiger partial charge in [-0.1, -0.05) is 30.3 Å². The predicted molar refractivity (Wildman–Crippen MR) is 114 cm³/mol. The number of hydrogen-bond donors (Lipinski definition) is 1. The van der Waals surface area contributed by atoms with E-state index in [0.29, 0.717) is 42.5 Å². The van der Waals surface area contributed by atoms with Crippen LogP contribution in [0.3, 0.4) is 0 Å². The number of aromatic nitrogens is 3. The quantitative estimate of drug-likeness (QED) is 0.373. The summed E-state index contributed by atoms with van der Waals surface area (Å²) in [6.45, 7) is 7.47. The first-order chi connectivity index (χ1) is 14.5. The Labute approximate surface area is 180 Å². The Kier molecular flexibility index (Phi) is 5.69. The molecule has 0 bridgehead atoms. The van der Waals surface area contributed by atoms with Crippen LogP contribution < -0.4 is 4.90 Å². The summed E-state index contributed by atoms with van der Waals surface area (Å²) in [4.78, 5) is 13.6. The van der Waals surface area contributed by atoms with Crippen LogP contribution in [-0.4, -0.2) is 33.5 Å². The van der Waals surface area contributed by atoms with Crippen molar-refractivity contribution >= 4 is 18.2 Å². The Morgan fingerprint density at radius 1 is 1.40 bits per heavy atom. The minimum Gasteiger partial charge on any atom is -0.465 e. The van der Waals surface area contributed by atoms with E-state index in [1.807, 2.05) is 29.7 Å². The van der Waals surface area contributed by atoms with Gasteiger partial charge >= 0.3 is 5.97 Å². The van der Waals surface area contributed by atoms with Crippen LogP contribution in [0.15, 0.2) is 53.7 Å². The maximum Gasteiger partial charge on any atom is 0.365 e. The maximum absolute atomic E-state index is 12.5. The molecule has 8 heteroatoms. The van der Waals surface area contributed by atoms with Crippen molar-refractivity contribution in [3.05, 3.63) is 70.7 Å². The largest absolute Gasteiger partial charge is 0.465 e. The fourth-order valence-electron chi connectivity index (χ4n) is 4.02. The number of hydrogen-bond acceptors (Lipinski definition) is 5. The monoisotopic (exact) mass is 425 g/mol. The molecule has 7 nitrogen and oxygen atoms in total. The van der Waals surface area contributed by atoms with Crippen molar-refractivity contribution in [3.8, 4) is 11.6 Å². The van der Waals surface area contributed by atoms with Crippen LogP contribution in [0.4, 0.5) is 0 Å². The average molecular weight is 426 g/mol. The first-order valence-corrected chi connectivity index (χ1v) is 10.3. The third-order valence-corrected chi connectivity index (χ3v) is 6.02. The number of quaternary nitrogens is 1. The lowest BCUT2D eigenvalue weighted by molar-refractivity contribution is -0.955. The maximum atomic E-state index is 12.5. The summed E-state index contributed by atoms with van der Waals surface area (Å²) in [6.07, 6.45) is 4.05. The first-order valence-electron chi connectivity index (χ1n) is 9.85. The minimum atomic E-state index is -0.315. The Hall–Kier alpha value is -2.97. The zero-order valence-electron chi connectivity index (χ0n) is 17.1. The lowest BCUT2D eigenvalue weighted by atomic mass is 9.94. The number of allylic oxidation sites excluding steroid dienone is 1. The van der Waals surface area contributed by atoms with Crippen molar-refractivity contribution in [1.82, 2.24) is 14.3 Å². The Morgan fingerprint density at radius 3 is 2.83 bits per heavy atom. The number of nitrogens with one attached hydrogen (secondary N) is 1. The molecule has 0 saturated carbocycles. The molecule has 156 valence electrons. The van der Waals surface area contributed by atoms with Crippen LogP contribution in [-0.2, 0) is 35.7 Å². The second kappa shape index (κ2) is 8.41. The van der Waals surface area contributed by atoms with E-state index in [9.17, 15) is 4.79 Å². The highest BCUT2D eigenvalue weighted by atomic mass is 32.1. The number of fused-ring (bicyclic) bond motifs is 1. The van der Waals surface area contributed by atoms with E-state index in [0.717, 1.165) is 10.5 Å². The van der Waals surface area contributed by atoms with Gasteiger partial charge in [0, 0.05) is 18.5 Å². The van der Waals surface area contributed by atoms with Gasteiger partial charge < -0.3 is 14.1 Å². The third-order valence-electron chi connectivity index (χ3n) is 5.59. The second-order valence-corrected chi connectivity index (χ2v) is 7.84. The van der Waals surface area contributed by atoms with Crippen molar-refractivity contribution in [2.24, 2.45) is 0 Å². The standard InChI is InChI=1S/C22H24N4O3S/c1-4-10-25-20(19-15(2)9-11-29-19)23-26(22(25)30)14-24-13-17-8-6-5-7-16(17)12-18(24)21(27)28-3/h4-9,11,18H,1,10,12-14H2,2-3H3/p+1/t18-/m1/s1. The molecule has 1 N–H and O–H groups in total. The fourth-order valence-corrected chi connectivity index (χ4v) is 4.29. The molecule has 2 aromatic heterocycles. The summed E-state index contributed by atoms with van der Waals surface area (Å²) >= 11 is 5.72. The summed E-state index contributed by atoms with van der Waals surface area (Å²) in [5, 5.41) is 4.76. The fraction of sp³-hybridized carbons (Fsp3) is 0.318. The first kappa shape index (κ1) is 20.3. The normalized spacial score (nSPS) is 18.1. The van der Waals surface area contributed by atoms with E-state index in [-0.39, 0.29) is 12.0 Å². The number of aryl methyl sites for hydroxylation is 1. The van der Waals surface area contributed by atoms with Gasteiger partial charge in [-0.25, -0.2) is 4.79 Å². The van der Waals surface area contributed by atoms with Crippen LogP contribution in [0.1, 0.15) is 16.7 Å². The molecule has 0 fully saturated rings. The van der Waals surface area contributed by atoms with Crippen LogP contribution in [0.25, 0.3) is 11.6 Å². The van der Waals surface area contributed by atoms with Crippen LogP contribution in [0.5, 0.6) is 0 Å². The highest BCUT2D eigenvalue weighted by Crippen LogP contribution is 2.23. The minimum absolute atomic E-state index is 0.223. The third kappa shape index (κ3) is 3.64. The van der Waals surface area contributed by atoms with Crippen LogP contribution >= 0.6 is 12.2 Å². The zero-order chi connectivity index (χ0) is 21.3. The summed E-state index contributed by atoms with van der Waals surface area (Å²) in [6, 6.07) is 9.79. The molecular weight excluding hydrogens is 400 g/mol. The SMILES string of the molecule is C=CCn1c(-c2occc2C)nn(C[NH+]2Cc3ccccc3C[C@@H]2C(=O)OC)c1=S. The highest BCUT2D eigenvalue weighted by Gasteiger charge is 2.36. The number of carbonyl (C=O) groups excluding carboxylic acids is 1.